The highest BCUT2D eigenvalue weighted by molar-refractivity contribution is 5.82. The largest absolute Gasteiger partial charge is 0.367 e. The van der Waals surface area contributed by atoms with Crippen LogP contribution >= 0.6 is 0 Å². The lowest BCUT2D eigenvalue weighted by Crippen LogP contribution is -2.48. The van der Waals surface area contributed by atoms with Crippen LogP contribution in [0.4, 0.5) is 17.5 Å². The van der Waals surface area contributed by atoms with Crippen LogP contribution in [-0.4, -0.2) is 71.6 Å². The van der Waals surface area contributed by atoms with E-state index in [1.54, 1.807) is 11.2 Å². The molecule has 2 saturated heterocycles. The van der Waals surface area contributed by atoms with Crippen LogP contribution in [0.25, 0.3) is 0 Å². The van der Waals surface area contributed by atoms with Gasteiger partial charge >= 0.3 is 0 Å². The van der Waals surface area contributed by atoms with E-state index in [9.17, 15) is 4.79 Å². The van der Waals surface area contributed by atoms with E-state index in [1.807, 2.05) is 24.2 Å². The molecule has 1 amide bonds. The molecule has 0 spiro atoms. The Kier molecular flexibility index (Phi) is 5.27. The van der Waals surface area contributed by atoms with Gasteiger partial charge in [0, 0.05) is 51.5 Å². The lowest BCUT2D eigenvalue weighted by Gasteiger charge is -2.34. The zero-order chi connectivity index (χ0) is 19.5. The zero-order valence-corrected chi connectivity index (χ0v) is 16.5. The molecule has 4 rings (SSSR count). The molecule has 148 valence electrons. The average Bonchev–Trinajstić information content (AvgIpc) is 2.71. The topological polar surface area (TPSA) is 77.5 Å². The molecule has 2 fully saturated rings. The van der Waals surface area contributed by atoms with Crippen molar-refractivity contribution in [2.45, 2.75) is 25.8 Å². The van der Waals surface area contributed by atoms with Gasteiger partial charge in [-0.1, -0.05) is 6.07 Å². The molecule has 1 N–H and O–H groups in total. The number of hydrogen-bond acceptors (Lipinski definition) is 7. The van der Waals surface area contributed by atoms with Gasteiger partial charge in [-0.2, -0.15) is 0 Å². The lowest BCUT2D eigenvalue weighted by molar-refractivity contribution is -0.129. The van der Waals surface area contributed by atoms with Gasteiger partial charge < -0.3 is 20.0 Å². The molecule has 0 saturated carbocycles. The third-order valence-electron chi connectivity index (χ3n) is 5.50. The van der Waals surface area contributed by atoms with Crippen molar-refractivity contribution in [1.29, 1.82) is 0 Å². The van der Waals surface area contributed by atoms with E-state index in [-0.39, 0.29) is 5.91 Å². The quantitative estimate of drug-likeness (QED) is 0.861. The van der Waals surface area contributed by atoms with Crippen LogP contribution < -0.4 is 15.1 Å². The molecule has 0 aliphatic carbocycles. The Balaban J connectivity index is 1.34. The average molecular weight is 381 g/mol. The van der Waals surface area contributed by atoms with Crippen molar-refractivity contribution in [3.8, 4) is 0 Å². The van der Waals surface area contributed by atoms with Crippen LogP contribution in [0.15, 0.2) is 30.7 Å². The van der Waals surface area contributed by atoms with E-state index < -0.39 is 0 Å². The number of nitrogens with one attached hydrogen (secondary N) is 1. The van der Waals surface area contributed by atoms with Crippen molar-refractivity contribution in [2.75, 3.05) is 54.9 Å². The van der Waals surface area contributed by atoms with E-state index in [4.69, 9.17) is 0 Å². The van der Waals surface area contributed by atoms with Crippen molar-refractivity contribution in [3.05, 3.63) is 36.3 Å². The molecule has 0 radical (unpaired) electrons. The number of likely N-dealkylation sites (N-methyl/N-ethyl adjacent to an activating group) is 1. The van der Waals surface area contributed by atoms with Gasteiger partial charge in [-0.15, -0.1) is 0 Å². The molecule has 2 aromatic heterocycles. The molecule has 0 atom stereocenters. The molecule has 0 unspecified atom stereocenters. The second-order valence-corrected chi connectivity index (χ2v) is 7.60. The van der Waals surface area contributed by atoms with Crippen molar-refractivity contribution in [2.24, 2.45) is 0 Å². The van der Waals surface area contributed by atoms with Crippen LogP contribution in [0.3, 0.4) is 0 Å². The summed E-state index contributed by atoms with van der Waals surface area (Å²) in [5.74, 6) is 2.80. The number of carbonyl (C=O) groups excluding carboxylic acids is 1. The van der Waals surface area contributed by atoms with E-state index in [1.165, 1.54) is 5.56 Å². The Morgan fingerprint density at radius 1 is 1.00 bits per heavy atom. The predicted molar refractivity (Wildman–Crippen MR) is 110 cm³/mol. The number of piperidine rings is 1. The van der Waals surface area contributed by atoms with Crippen molar-refractivity contribution >= 4 is 23.4 Å². The predicted octanol–water partition coefficient (Wildman–Crippen LogP) is 1.54. The summed E-state index contributed by atoms with van der Waals surface area (Å²) in [6, 6.07) is 6.53. The number of carbonyl (C=O) groups is 1. The summed E-state index contributed by atoms with van der Waals surface area (Å²) in [5.41, 5.74) is 1.18. The summed E-state index contributed by atoms with van der Waals surface area (Å²) in [6.07, 6.45) is 5.56. The SMILES string of the molecule is Cc1ccc(N2CCC(Nc3cc(N4CCN(C)C(=O)C4)ncn3)CC2)nc1. The van der Waals surface area contributed by atoms with E-state index >= 15 is 0 Å². The highest BCUT2D eigenvalue weighted by Crippen LogP contribution is 2.22. The molecule has 8 nitrogen and oxygen atoms in total. The summed E-state index contributed by atoms with van der Waals surface area (Å²) in [6.45, 7) is 5.88. The van der Waals surface area contributed by atoms with E-state index in [0.29, 0.717) is 12.6 Å². The second-order valence-electron chi connectivity index (χ2n) is 7.60. The molecule has 0 aromatic carbocycles. The highest BCUT2D eigenvalue weighted by atomic mass is 16.2. The highest BCUT2D eigenvalue weighted by Gasteiger charge is 2.23. The first-order valence-corrected chi connectivity index (χ1v) is 9.83. The van der Waals surface area contributed by atoms with Crippen LogP contribution in [0.2, 0.25) is 0 Å². The molecule has 2 aliphatic heterocycles. The van der Waals surface area contributed by atoms with Gasteiger partial charge in [0.2, 0.25) is 5.91 Å². The van der Waals surface area contributed by atoms with Crippen LogP contribution in [0.1, 0.15) is 18.4 Å². The molecule has 2 aliphatic rings. The normalized spacial score (nSPS) is 18.5. The number of hydrogen-bond donors (Lipinski definition) is 1. The summed E-state index contributed by atoms with van der Waals surface area (Å²) in [5, 5.41) is 3.54. The molecule has 28 heavy (non-hydrogen) atoms. The Hall–Kier alpha value is -2.90. The number of nitrogens with zero attached hydrogens (tertiary/aromatic N) is 6. The molecule has 4 heterocycles. The number of amides is 1. The number of aromatic nitrogens is 3. The number of piperazine rings is 1. The molecule has 0 bridgehead atoms. The van der Waals surface area contributed by atoms with Gasteiger partial charge in [0.1, 0.15) is 23.8 Å². The first-order valence-electron chi connectivity index (χ1n) is 9.83. The fourth-order valence-corrected chi connectivity index (χ4v) is 3.66. The minimum atomic E-state index is 0.122. The Bertz CT molecular complexity index is 818. The molecular formula is C20H27N7O. The molecule has 2 aromatic rings. The summed E-state index contributed by atoms with van der Waals surface area (Å²) >= 11 is 0. The number of anilines is 3. The Morgan fingerprint density at radius 2 is 1.82 bits per heavy atom. The van der Waals surface area contributed by atoms with Gasteiger partial charge in [-0.05, 0) is 31.4 Å². The first kappa shape index (κ1) is 18.5. The molecular weight excluding hydrogens is 354 g/mol. The van der Waals surface area contributed by atoms with Gasteiger partial charge in [-0.25, -0.2) is 15.0 Å². The van der Waals surface area contributed by atoms with E-state index in [2.05, 4.69) is 44.2 Å². The zero-order valence-electron chi connectivity index (χ0n) is 16.5. The smallest absolute Gasteiger partial charge is 0.241 e. The van der Waals surface area contributed by atoms with Crippen LogP contribution in [-0.2, 0) is 4.79 Å². The third-order valence-corrected chi connectivity index (χ3v) is 5.50. The van der Waals surface area contributed by atoms with Gasteiger partial charge in [0.15, 0.2) is 0 Å². The maximum atomic E-state index is 12.0. The fraction of sp³-hybridized carbons (Fsp3) is 0.500. The summed E-state index contributed by atoms with van der Waals surface area (Å²) in [7, 11) is 1.84. The molecule has 8 heteroatoms. The second kappa shape index (κ2) is 8.00. The third kappa shape index (κ3) is 4.16. The summed E-state index contributed by atoms with van der Waals surface area (Å²) < 4.78 is 0. The van der Waals surface area contributed by atoms with E-state index in [0.717, 1.165) is 56.5 Å². The number of rotatable bonds is 4. The summed E-state index contributed by atoms with van der Waals surface area (Å²) in [4.78, 5) is 31.3. The van der Waals surface area contributed by atoms with Crippen molar-refractivity contribution < 1.29 is 4.79 Å². The van der Waals surface area contributed by atoms with Crippen molar-refractivity contribution in [1.82, 2.24) is 19.9 Å². The van der Waals surface area contributed by atoms with Gasteiger partial charge in [-0.3, -0.25) is 4.79 Å². The maximum absolute atomic E-state index is 12.0. The Labute approximate surface area is 165 Å². The number of pyridine rings is 1. The fourth-order valence-electron chi connectivity index (χ4n) is 3.66. The standard InChI is InChI=1S/C20H27N7O/c1-15-3-4-18(21-12-15)26-7-5-16(6-8-26)24-17-11-19(23-14-22-17)27-10-9-25(2)20(28)13-27/h3-4,11-12,14,16H,5-10,13H2,1-2H3,(H,22,23,24). The minimum absolute atomic E-state index is 0.122. The Morgan fingerprint density at radius 3 is 2.54 bits per heavy atom. The van der Waals surface area contributed by atoms with Crippen LogP contribution in [0.5, 0.6) is 0 Å². The van der Waals surface area contributed by atoms with Crippen molar-refractivity contribution in [3.63, 3.8) is 0 Å². The lowest BCUT2D eigenvalue weighted by atomic mass is 10.0. The maximum Gasteiger partial charge on any atom is 0.241 e. The van der Waals surface area contributed by atoms with Crippen LogP contribution in [0, 0.1) is 6.92 Å². The van der Waals surface area contributed by atoms with Gasteiger partial charge in [0.25, 0.3) is 0 Å². The first-order chi connectivity index (χ1) is 13.6. The monoisotopic (exact) mass is 381 g/mol. The van der Waals surface area contributed by atoms with Gasteiger partial charge in [0.05, 0.1) is 6.54 Å². The minimum Gasteiger partial charge on any atom is -0.367 e. The number of aryl methyl sites for hydroxylation is 1.